The molecular formula is C19H42NO6S+. The fraction of sp³-hybridized carbons (Fsp3) is 1.00. The molecule has 8 heteroatoms. The van der Waals surface area contributed by atoms with Gasteiger partial charge in [-0.1, -0.05) is 58.3 Å². The molecule has 164 valence electrons. The van der Waals surface area contributed by atoms with Crippen LogP contribution in [0.1, 0.15) is 71.1 Å². The largest absolute Gasteiger partial charge is 0.391 e. The summed E-state index contributed by atoms with van der Waals surface area (Å²) >= 11 is 0. The van der Waals surface area contributed by atoms with Gasteiger partial charge in [-0.05, 0) is 12.8 Å². The second-order valence-electron chi connectivity index (χ2n) is 7.73. The Morgan fingerprint density at radius 3 is 1.63 bits per heavy atom. The van der Waals surface area contributed by atoms with Crippen LogP contribution in [-0.4, -0.2) is 84.0 Å². The van der Waals surface area contributed by atoms with Crippen molar-refractivity contribution < 1.29 is 32.8 Å². The molecule has 0 aromatic heterocycles. The number of aliphatic hydroxyl groups excluding tert-OH is 3. The minimum Gasteiger partial charge on any atom is -0.391 e. The van der Waals surface area contributed by atoms with Crippen molar-refractivity contribution in [3.8, 4) is 0 Å². The molecule has 0 saturated heterocycles. The van der Waals surface area contributed by atoms with Gasteiger partial charge in [-0.25, -0.2) is 0 Å². The zero-order valence-corrected chi connectivity index (χ0v) is 17.9. The lowest BCUT2D eigenvalue weighted by Gasteiger charge is -2.39. The fourth-order valence-corrected chi connectivity index (χ4v) is 4.30. The van der Waals surface area contributed by atoms with Crippen LogP contribution in [0.5, 0.6) is 0 Å². The highest BCUT2D eigenvalue weighted by Gasteiger charge is 2.31. The van der Waals surface area contributed by atoms with Gasteiger partial charge in [0, 0.05) is 0 Å². The number of rotatable bonds is 19. The zero-order chi connectivity index (χ0) is 20.6. The van der Waals surface area contributed by atoms with Gasteiger partial charge in [-0.2, -0.15) is 8.42 Å². The van der Waals surface area contributed by atoms with E-state index in [1.165, 1.54) is 44.9 Å². The van der Waals surface area contributed by atoms with Crippen molar-refractivity contribution >= 4 is 10.1 Å². The maximum atomic E-state index is 11.0. The summed E-state index contributed by atoms with van der Waals surface area (Å²) in [7, 11) is -4.25. The maximum Gasteiger partial charge on any atom is 0.267 e. The first kappa shape index (κ1) is 26.8. The zero-order valence-electron chi connectivity index (χ0n) is 17.1. The standard InChI is InChI=1S/C19H41NO6S/c1-2-3-4-5-6-7-8-9-10-11-12-20(13-15-21,14-16-22)17-19(23)18-27(24,25)26/h19,21-23H,2-18H2,1H3/p+1. The van der Waals surface area contributed by atoms with Gasteiger partial charge in [-0.3, -0.25) is 4.55 Å². The van der Waals surface area contributed by atoms with E-state index in [1.54, 1.807) is 0 Å². The molecule has 7 nitrogen and oxygen atoms in total. The lowest BCUT2D eigenvalue weighted by molar-refractivity contribution is -0.931. The van der Waals surface area contributed by atoms with Crippen molar-refractivity contribution in [2.75, 3.05) is 45.1 Å². The summed E-state index contributed by atoms with van der Waals surface area (Å²) in [5.74, 6) is -0.720. The Labute approximate surface area is 165 Å². The van der Waals surface area contributed by atoms with Crippen LogP contribution in [0.4, 0.5) is 0 Å². The molecular weight excluding hydrogens is 370 g/mol. The topological polar surface area (TPSA) is 115 Å². The normalized spacial score (nSPS) is 13.8. The predicted octanol–water partition coefficient (Wildman–Crippen LogP) is 1.96. The van der Waals surface area contributed by atoms with Gasteiger partial charge >= 0.3 is 0 Å². The van der Waals surface area contributed by atoms with E-state index < -0.39 is 22.0 Å². The Morgan fingerprint density at radius 2 is 1.22 bits per heavy atom. The van der Waals surface area contributed by atoms with Gasteiger partial charge in [0.05, 0.1) is 19.8 Å². The number of aliphatic hydroxyl groups is 3. The summed E-state index contributed by atoms with van der Waals surface area (Å²) < 4.78 is 31.1. The summed E-state index contributed by atoms with van der Waals surface area (Å²) in [5.41, 5.74) is 0. The molecule has 0 saturated carbocycles. The summed E-state index contributed by atoms with van der Waals surface area (Å²) in [6.45, 7) is 3.47. The fourth-order valence-electron chi connectivity index (χ4n) is 3.71. The summed E-state index contributed by atoms with van der Waals surface area (Å²) in [5, 5.41) is 28.8. The van der Waals surface area contributed by atoms with Crippen LogP contribution >= 0.6 is 0 Å². The molecule has 0 fully saturated rings. The van der Waals surface area contributed by atoms with E-state index in [9.17, 15) is 23.7 Å². The molecule has 0 amide bonds. The molecule has 0 aliphatic heterocycles. The summed E-state index contributed by atoms with van der Waals surface area (Å²) in [4.78, 5) is 0. The molecule has 0 spiro atoms. The summed E-state index contributed by atoms with van der Waals surface area (Å²) in [6, 6.07) is 0. The highest BCUT2D eigenvalue weighted by atomic mass is 32.2. The monoisotopic (exact) mass is 412 g/mol. The van der Waals surface area contributed by atoms with E-state index in [-0.39, 0.29) is 24.2 Å². The highest BCUT2D eigenvalue weighted by molar-refractivity contribution is 7.85. The molecule has 0 aliphatic rings. The maximum absolute atomic E-state index is 11.0. The lowest BCUT2D eigenvalue weighted by Crippen LogP contribution is -2.56. The number of nitrogens with zero attached hydrogens (tertiary/aromatic N) is 1. The Balaban J connectivity index is 4.28. The van der Waals surface area contributed by atoms with E-state index in [0.29, 0.717) is 19.6 Å². The first-order valence-corrected chi connectivity index (χ1v) is 12.1. The molecule has 4 N–H and O–H groups in total. The first-order valence-electron chi connectivity index (χ1n) is 10.5. The van der Waals surface area contributed by atoms with Crippen LogP contribution in [0.15, 0.2) is 0 Å². The van der Waals surface area contributed by atoms with E-state index in [4.69, 9.17) is 4.55 Å². The quantitative estimate of drug-likeness (QED) is 0.146. The number of quaternary nitrogens is 1. The van der Waals surface area contributed by atoms with Gasteiger partial charge in [0.15, 0.2) is 0 Å². The van der Waals surface area contributed by atoms with Crippen molar-refractivity contribution in [2.24, 2.45) is 0 Å². The Morgan fingerprint density at radius 1 is 0.778 bits per heavy atom. The number of hydrogen-bond donors (Lipinski definition) is 4. The van der Waals surface area contributed by atoms with Crippen molar-refractivity contribution in [2.45, 2.75) is 77.2 Å². The van der Waals surface area contributed by atoms with Crippen LogP contribution in [0.3, 0.4) is 0 Å². The third-order valence-corrected chi connectivity index (χ3v) is 5.94. The summed E-state index contributed by atoms with van der Waals surface area (Å²) in [6.07, 6.45) is 10.8. The number of unbranched alkanes of at least 4 members (excludes halogenated alkanes) is 9. The second kappa shape index (κ2) is 15.6. The molecule has 0 heterocycles. The van der Waals surface area contributed by atoms with Crippen LogP contribution in [0.2, 0.25) is 0 Å². The lowest BCUT2D eigenvalue weighted by atomic mass is 10.1. The third kappa shape index (κ3) is 15.4. The van der Waals surface area contributed by atoms with Crippen molar-refractivity contribution in [3.63, 3.8) is 0 Å². The smallest absolute Gasteiger partial charge is 0.267 e. The van der Waals surface area contributed by atoms with Crippen molar-refractivity contribution in [1.29, 1.82) is 0 Å². The minimum absolute atomic E-state index is 0.0956. The van der Waals surface area contributed by atoms with E-state index in [0.717, 1.165) is 19.3 Å². The molecule has 1 atom stereocenters. The van der Waals surface area contributed by atoms with E-state index >= 15 is 0 Å². The molecule has 0 rings (SSSR count). The van der Waals surface area contributed by atoms with E-state index in [2.05, 4.69) is 6.92 Å². The van der Waals surface area contributed by atoms with E-state index in [1.807, 2.05) is 0 Å². The Kier molecular flexibility index (Phi) is 15.5. The molecule has 0 aromatic rings. The van der Waals surface area contributed by atoms with Crippen molar-refractivity contribution in [3.05, 3.63) is 0 Å². The molecule has 0 aromatic carbocycles. The second-order valence-corrected chi connectivity index (χ2v) is 9.22. The van der Waals surface area contributed by atoms with Crippen molar-refractivity contribution in [1.82, 2.24) is 0 Å². The average Bonchev–Trinajstić information content (AvgIpc) is 2.55. The van der Waals surface area contributed by atoms with Gasteiger partial charge in [-0.15, -0.1) is 0 Å². The molecule has 0 radical (unpaired) electrons. The minimum atomic E-state index is -4.25. The highest BCUT2D eigenvalue weighted by Crippen LogP contribution is 2.15. The first-order chi connectivity index (χ1) is 12.8. The molecule has 0 aliphatic carbocycles. The average molecular weight is 413 g/mol. The van der Waals surface area contributed by atoms with Crippen LogP contribution in [-0.2, 0) is 10.1 Å². The Hall–Kier alpha value is -0.250. The van der Waals surface area contributed by atoms with Gasteiger partial charge < -0.3 is 19.8 Å². The van der Waals surface area contributed by atoms with Gasteiger partial charge in [0.2, 0.25) is 0 Å². The third-order valence-electron chi connectivity index (χ3n) is 5.14. The predicted molar refractivity (Wildman–Crippen MR) is 108 cm³/mol. The SMILES string of the molecule is CCCCCCCCCCCC[N+](CCO)(CCO)CC(O)CS(=O)(=O)O. The Bertz CT molecular complexity index is 437. The molecule has 27 heavy (non-hydrogen) atoms. The van der Waals surface area contributed by atoms with Crippen LogP contribution < -0.4 is 0 Å². The molecule has 1 unspecified atom stereocenters. The number of hydrogen-bond acceptors (Lipinski definition) is 5. The van der Waals surface area contributed by atoms with Gasteiger partial charge in [0.25, 0.3) is 10.1 Å². The molecule has 0 bridgehead atoms. The van der Waals surface area contributed by atoms with Crippen LogP contribution in [0, 0.1) is 0 Å². The van der Waals surface area contributed by atoms with Gasteiger partial charge in [0.1, 0.15) is 31.5 Å². The van der Waals surface area contributed by atoms with Crippen LogP contribution in [0.25, 0.3) is 0 Å².